The molecule has 1 atom stereocenters. The molecule has 1 aliphatic rings. The van der Waals surface area contributed by atoms with Crippen LogP contribution in [0.3, 0.4) is 0 Å². The average Bonchev–Trinajstić information content (AvgIpc) is 3.26. The highest BCUT2D eigenvalue weighted by Gasteiger charge is 2.23. The minimum absolute atomic E-state index is 0.239. The zero-order valence-corrected chi connectivity index (χ0v) is 11.2. The van der Waals surface area contributed by atoms with Crippen molar-refractivity contribution in [2.45, 2.75) is 12.3 Å². The Kier molecular flexibility index (Phi) is 2.97. The van der Waals surface area contributed by atoms with Gasteiger partial charge in [0.1, 0.15) is 12.7 Å². The third kappa shape index (κ3) is 2.31. The minimum atomic E-state index is 0.239. The topological polar surface area (TPSA) is 78.9 Å². The lowest BCUT2D eigenvalue weighted by molar-refractivity contribution is 0.192. The van der Waals surface area contributed by atoms with Gasteiger partial charge in [0, 0.05) is 23.8 Å². The molecule has 3 aromatic rings. The second-order valence-corrected chi connectivity index (χ2v) is 4.94. The molecule has 2 aromatic heterocycles. The molecule has 0 N–H and O–H groups in total. The van der Waals surface area contributed by atoms with Crippen molar-refractivity contribution in [3.05, 3.63) is 42.7 Å². The van der Waals surface area contributed by atoms with Gasteiger partial charge in [-0.3, -0.25) is 4.57 Å². The summed E-state index contributed by atoms with van der Waals surface area (Å²) in [6.07, 6.45) is 4.24. The first-order valence-electron chi connectivity index (χ1n) is 6.77. The van der Waals surface area contributed by atoms with Gasteiger partial charge >= 0.3 is 0 Å². The Bertz CT molecular complexity index is 731. The van der Waals surface area contributed by atoms with Crippen molar-refractivity contribution in [1.29, 1.82) is 0 Å². The molecule has 1 aliphatic heterocycles. The van der Waals surface area contributed by atoms with Crippen molar-refractivity contribution in [2.24, 2.45) is 0 Å². The molecule has 0 unspecified atom stereocenters. The van der Waals surface area contributed by atoms with Gasteiger partial charge in [-0.2, -0.15) is 4.98 Å². The van der Waals surface area contributed by atoms with E-state index in [0.717, 1.165) is 30.1 Å². The molecule has 1 aromatic carbocycles. The van der Waals surface area contributed by atoms with Gasteiger partial charge in [0.15, 0.2) is 5.82 Å². The van der Waals surface area contributed by atoms with E-state index in [2.05, 4.69) is 20.3 Å². The van der Waals surface area contributed by atoms with Crippen molar-refractivity contribution in [3.63, 3.8) is 0 Å². The second-order valence-electron chi connectivity index (χ2n) is 4.94. The molecule has 106 valence electrons. The fraction of sp³-hybridized carbons (Fsp3) is 0.286. The third-order valence-corrected chi connectivity index (χ3v) is 3.55. The lowest BCUT2D eigenvalue weighted by Gasteiger charge is -2.02. The largest absolute Gasteiger partial charge is 0.381 e. The summed E-state index contributed by atoms with van der Waals surface area (Å²) in [5, 5.41) is 11.7. The van der Waals surface area contributed by atoms with Crippen LogP contribution in [0.4, 0.5) is 0 Å². The summed E-state index contributed by atoms with van der Waals surface area (Å²) >= 11 is 0. The van der Waals surface area contributed by atoms with Gasteiger partial charge in [-0.25, -0.2) is 0 Å². The van der Waals surface area contributed by atoms with E-state index in [-0.39, 0.29) is 5.92 Å². The van der Waals surface area contributed by atoms with E-state index in [1.165, 1.54) is 0 Å². The first kappa shape index (κ1) is 12.2. The van der Waals surface area contributed by atoms with Crippen molar-refractivity contribution in [3.8, 4) is 17.1 Å². The number of aromatic nitrogens is 5. The van der Waals surface area contributed by atoms with Crippen molar-refractivity contribution >= 4 is 0 Å². The van der Waals surface area contributed by atoms with E-state index in [1.54, 1.807) is 12.7 Å². The molecule has 0 bridgehead atoms. The number of ether oxygens (including phenoxy) is 1. The molecule has 0 amide bonds. The van der Waals surface area contributed by atoms with Crippen molar-refractivity contribution in [1.82, 2.24) is 24.9 Å². The zero-order valence-electron chi connectivity index (χ0n) is 11.2. The van der Waals surface area contributed by atoms with E-state index in [4.69, 9.17) is 9.26 Å². The first-order valence-corrected chi connectivity index (χ1v) is 6.77. The smallest absolute Gasteiger partial charge is 0.258 e. The lowest BCUT2D eigenvalue weighted by atomic mass is 10.1. The van der Waals surface area contributed by atoms with Crippen LogP contribution in [0.15, 0.2) is 41.4 Å². The zero-order chi connectivity index (χ0) is 14.1. The first-order chi connectivity index (χ1) is 10.4. The van der Waals surface area contributed by atoms with E-state index < -0.39 is 0 Å². The Morgan fingerprint density at radius 2 is 2.10 bits per heavy atom. The fourth-order valence-electron chi connectivity index (χ4n) is 2.39. The average molecular weight is 283 g/mol. The molecule has 4 rings (SSSR count). The highest BCUT2D eigenvalue weighted by molar-refractivity contribution is 5.57. The molecular weight excluding hydrogens is 270 g/mol. The summed E-state index contributed by atoms with van der Waals surface area (Å²) < 4.78 is 12.6. The monoisotopic (exact) mass is 283 g/mol. The molecule has 0 saturated carbocycles. The summed E-state index contributed by atoms with van der Waals surface area (Å²) in [6.45, 7) is 1.43. The molecule has 1 fully saturated rings. The Hall–Kier alpha value is -2.54. The Labute approximate surface area is 120 Å². The van der Waals surface area contributed by atoms with Crippen molar-refractivity contribution < 1.29 is 9.26 Å². The molecule has 0 radical (unpaired) electrons. The van der Waals surface area contributed by atoms with Crippen LogP contribution in [0, 0.1) is 0 Å². The predicted octanol–water partition coefficient (Wildman–Crippen LogP) is 1.82. The van der Waals surface area contributed by atoms with E-state index >= 15 is 0 Å². The van der Waals surface area contributed by atoms with Crippen LogP contribution < -0.4 is 0 Å². The molecule has 3 heterocycles. The molecule has 0 spiro atoms. The molecule has 0 aliphatic carbocycles. The molecule has 7 heteroatoms. The number of hydrogen-bond donors (Lipinski definition) is 0. The summed E-state index contributed by atoms with van der Waals surface area (Å²) in [4.78, 5) is 4.49. The highest BCUT2D eigenvalue weighted by atomic mass is 16.5. The van der Waals surface area contributed by atoms with E-state index in [0.29, 0.717) is 12.5 Å². The lowest BCUT2D eigenvalue weighted by Crippen LogP contribution is -1.99. The maximum Gasteiger partial charge on any atom is 0.258 e. The van der Waals surface area contributed by atoms with Gasteiger partial charge in [0.25, 0.3) is 5.89 Å². The van der Waals surface area contributed by atoms with E-state index in [9.17, 15) is 0 Å². The van der Waals surface area contributed by atoms with Crippen LogP contribution in [-0.2, 0) is 4.74 Å². The molecule has 7 nitrogen and oxygen atoms in total. The predicted molar refractivity (Wildman–Crippen MR) is 72.8 cm³/mol. The maximum atomic E-state index is 5.38. The number of rotatable bonds is 3. The van der Waals surface area contributed by atoms with Crippen LogP contribution >= 0.6 is 0 Å². The quantitative estimate of drug-likeness (QED) is 0.729. The Morgan fingerprint density at radius 3 is 2.90 bits per heavy atom. The number of nitrogens with zero attached hydrogens (tertiary/aromatic N) is 5. The van der Waals surface area contributed by atoms with Gasteiger partial charge in [0.05, 0.1) is 6.61 Å². The summed E-state index contributed by atoms with van der Waals surface area (Å²) in [5.74, 6) is 1.48. The SMILES string of the molecule is c1cc(-c2nc([C@H]3CCOC3)no2)cc(-n2cnnc2)c1. The van der Waals surface area contributed by atoms with Crippen LogP contribution in [0.2, 0.25) is 0 Å². The summed E-state index contributed by atoms with van der Waals surface area (Å²) in [7, 11) is 0. The summed E-state index contributed by atoms with van der Waals surface area (Å²) in [5.41, 5.74) is 1.82. The minimum Gasteiger partial charge on any atom is -0.381 e. The summed E-state index contributed by atoms with van der Waals surface area (Å²) in [6, 6.07) is 7.81. The van der Waals surface area contributed by atoms with Gasteiger partial charge in [-0.1, -0.05) is 11.2 Å². The number of benzene rings is 1. The maximum absolute atomic E-state index is 5.38. The van der Waals surface area contributed by atoms with Gasteiger partial charge in [-0.05, 0) is 24.6 Å². The Morgan fingerprint density at radius 1 is 1.19 bits per heavy atom. The fourth-order valence-corrected chi connectivity index (χ4v) is 2.39. The van der Waals surface area contributed by atoms with Crippen LogP contribution in [-0.4, -0.2) is 38.1 Å². The van der Waals surface area contributed by atoms with Crippen LogP contribution in [0.1, 0.15) is 18.2 Å². The third-order valence-electron chi connectivity index (χ3n) is 3.55. The van der Waals surface area contributed by atoms with Crippen molar-refractivity contribution in [2.75, 3.05) is 13.2 Å². The Balaban J connectivity index is 1.65. The molecule has 21 heavy (non-hydrogen) atoms. The normalized spacial score (nSPS) is 18.2. The molecule has 1 saturated heterocycles. The second kappa shape index (κ2) is 5.10. The van der Waals surface area contributed by atoms with Crippen LogP contribution in [0.25, 0.3) is 17.1 Å². The molecular formula is C14H13N5O2. The van der Waals surface area contributed by atoms with Gasteiger partial charge in [-0.15, -0.1) is 10.2 Å². The standard InChI is InChI=1S/C14H13N5O2/c1-2-10(6-12(3-1)19-8-15-16-9-19)14-17-13(18-21-14)11-4-5-20-7-11/h1-3,6,8-9,11H,4-5,7H2/t11-/m0/s1. The number of hydrogen-bond acceptors (Lipinski definition) is 6. The van der Waals surface area contributed by atoms with Gasteiger partial charge < -0.3 is 9.26 Å². The van der Waals surface area contributed by atoms with Crippen LogP contribution in [0.5, 0.6) is 0 Å². The van der Waals surface area contributed by atoms with E-state index in [1.807, 2.05) is 28.8 Å². The highest BCUT2D eigenvalue weighted by Crippen LogP contribution is 2.26. The van der Waals surface area contributed by atoms with Gasteiger partial charge in [0.2, 0.25) is 0 Å².